The molecule has 9 nitrogen and oxygen atoms in total. The predicted octanol–water partition coefficient (Wildman–Crippen LogP) is -1.37. The van der Waals surface area contributed by atoms with Gasteiger partial charge < -0.3 is 26.4 Å². The van der Waals surface area contributed by atoms with Crippen LogP contribution in [0.2, 0.25) is 0 Å². The quantitative estimate of drug-likeness (QED) is 0.496. The summed E-state index contributed by atoms with van der Waals surface area (Å²) in [7, 11) is 0. The topological polar surface area (TPSA) is 145 Å². The second-order valence-electron chi connectivity index (χ2n) is 4.81. The minimum atomic E-state index is -1.44. The molecule has 0 aromatic carbocycles. The van der Waals surface area contributed by atoms with Crippen molar-refractivity contribution in [2.24, 2.45) is 0 Å². The summed E-state index contributed by atoms with van der Waals surface area (Å²) < 4.78 is 7.19. The number of nitrogens with zero attached hydrogens (tertiary/aromatic N) is 4. The molecular formula is C12H14N6O3. The molecule has 6 N–H and O–H groups in total. The summed E-state index contributed by atoms with van der Waals surface area (Å²) in [6.45, 7) is -0.493. The van der Waals surface area contributed by atoms with Gasteiger partial charge in [-0.25, -0.2) is 4.98 Å². The molecule has 0 aliphatic carbocycles. The van der Waals surface area contributed by atoms with Crippen molar-refractivity contribution in [2.75, 3.05) is 18.1 Å². The average molecular weight is 290 g/mol. The fraction of sp³-hybridized carbons (Fsp3) is 0.417. The maximum absolute atomic E-state index is 10.0. The maximum Gasteiger partial charge on any atom is 0.224 e. The number of aliphatic hydroxyl groups is 2. The Hall–Kier alpha value is -2.41. The lowest BCUT2D eigenvalue weighted by Crippen LogP contribution is -2.41. The lowest BCUT2D eigenvalue weighted by atomic mass is 9.99. The molecule has 1 aliphatic heterocycles. The van der Waals surface area contributed by atoms with Crippen molar-refractivity contribution in [2.45, 2.75) is 24.4 Å². The van der Waals surface area contributed by atoms with Crippen LogP contribution in [0.25, 0.3) is 11.2 Å². The molecule has 2 aromatic rings. The minimum Gasteiger partial charge on any atom is -0.392 e. The molecule has 110 valence electrons. The van der Waals surface area contributed by atoms with E-state index in [0.29, 0.717) is 11.2 Å². The van der Waals surface area contributed by atoms with Crippen LogP contribution >= 0.6 is 0 Å². The highest BCUT2D eigenvalue weighted by molar-refractivity contribution is 5.82. The molecule has 21 heavy (non-hydrogen) atoms. The van der Waals surface area contributed by atoms with Crippen LogP contribution in [0.5, 0.6) is 0 Å². The normalized spacial score (nSPS) is 28.8. The van der Waals surface area contributed by atoms with Crippen LogP contribution in [-0.2, 0) is 4.74 Å². The predicted molar refractivity (Wildman–Crippen MR) is 73.5 cm³/mol. The van der Waals surface area contributed by atoms with E-state index in [0.717, 1.165) is 0 Å². The Morgan fingerprint density at radius 2 is 2.29 bits per heavy atom. The van der Waals surface area contributed by atoms with Gasteiger partial charge >= 0.3 is 0 Å². The number of terminal acetylenes is 1. The van der Waals surface area contributed by atoms with Gasteiger partial charge in [-0.2, -0.15) is 9.97 Å². The van der Waals surface area contributed by atoms with E-state index in [9.17, 15) is 10.2 Å². The SMILES string of the molecule is C#C[C@]1(CO)O[C@@H](n2cnc3c(N)nc(N)nc32)C[C@H]1O. The Morgan fingerprint density at radius 1 is 1.52 bits per heavy atom. The van der Waals surface area contributed by atoms with E-state index in [4.69, 9.17) is 22.6 Å². The van der Waals surface area contributed by atoms with Gasteiger partial charge in [0.1, 0.15) is 17.8 Å². The average Bonchev–Trinajstić information content (AvgIpc) is 3.00. The number of nitrogen functional groups attached to an aromatic ring is 2. The lowest BCUT2D eigenvalue weighted by molar-refractivity contribution is -0.0891. The van der Waals surface area contributed by atoms with Gasteiger partial charge in [-0.05, 0) is 0 Å². The monoisotopic (exact) mass is 290 g/mol. The van der Waals surface area contributed by atoms with E-state index in [2.05, 4.69) is 20.9 Å². The molecule has 3 atom stereocenters. The van der Waals surface area contributed by atoms with E-state index < -0.39 is 24.5 Å². The number of ether oxygens (including phenoxy) is 1. The Labute approximate surface area is 119 Å². The Morgan fingerprint density at radius 3 is 2.90 bits per heavy atom. The van der Waals surface area contributed by atoms with Crippen molar-refractivity contribution in [1.29, 1.82) is 0 Å². The van der Waals surface area contributed by atoms with Crippen LogP contribution in [-0.4, -0.2) is 48.0 Å². The fourth-order valence-electron chi connectivity index (χ4n) is 2.41. The van der Waals surface area contributed by atoms with E-state index in [1.165, 1.54) is 6.33 Å². The van der Waals surface area contributed by atoms with Crippen molar-refractivity contribution in [3.63, 3.8) is 0 Å². The van der Waals surface area contributed by atoms with Crippen LogP contribution in [0.15, 0.2) is 6.33 Å². The molecule has 3 rings (SSSR count). The van der Waals surface area contributed by atoms with Gasteiger partial charge in [0.05, 0.1) is 12.9 Å². The largest absolute Gasteiger partial charge is 0.392 e. The Bertz CT molecular complexity index is 738. The van der Waals surface area contributed by atoms with Crippen molar-refractivity contribution in [3.05, 3.63) is 6.33 Å². The molecule has 0 bridgehead atoms. The standard InChI is InChI=1S/C12H14N6O3/c1-2-12(4-19)6(20)3-7(21-12)18-5-15-8-9(13)16-11(14)17-10(8)18/h1,5-7,19-20H,3-4H2,(H4,13,14,16,17)/t6-,7-,12-/m1/s1. The first-order valence-corrected chi connectivity index (χ1v) is 6.21. The van der Waals surface area contributed by atoms with Crippen LogP contribution in [0, 0.1) is 12.3 Å². The molecule has 3 heterocycles. The van der Waals surface area contributed by atoms with Gasteiger partial charge in [0.15, 0.2) is 17.1 Å². The fourth-order valence-corrected chi connectivity index (χ4v) is 2.41. The maximum atomic E-state index is 10.0. The van der Waals surface area contributed by atoms with Crippen LogP contribution in [0.3, 0.4) is 0 Å². The third-order valence-electron chi connectivity index (χ3n) is 3.56. The summed E-state index contributed by atoms with van der Waals surface area (Å²) in [5, 5.41) is 19.4. The molecule has 9 heteroatoms. The summed E-state index contributed by atoms with van der Waals surface area (Å²) in [5.41, 5.74) is 10.6. The highest BCUT2D eigenvalue weighted by Crippen LogP contribution is 2.37. The zero-order chi connectivity index (χ0) is 15.2. The first-order chi connectivity index (χ1) is 10.0. The number of rotatable bonds is 2. The molecule has 1 saturated heterocycles. The lowest BCUT2D eigenvalue weighted by Gasteiger charge is -2.23. The zero-order valence-electron chi connectivity index (χ0n) is 11.0. The second kappa shape index (κ2) is 4.56. The van der Waals surface area contributed by atoms with Crippen LogP contribution in [0.4, 0.5) is 11.8 Å². The molecule has 0 saturated carbocycles. The molecule has 0 amide bonds. The van der Waals surface area contributed by atoms with Crippen molar-refractivity contribution >= 4 is 22.9 Å². The number of aliphatic hydroxyl groups excluding tert-OH is 2. The van der Waals surface area contributed by atoms with E-state index in [1.54, 1.807) is 4.57 Å². The first-order valence-electron chi connectivity index (χ1n) is 6.21. The van der Waals surface area contributed by atoms with E-state index >= 15 is 0 Å². The number of hydrogen-bond donors (Lipinski definition) is 4. The van der Waals surface area contributed by atoms with Crippen LogP contribution in [0.1, 0.15) is 12.6 Å². The highest BCUT2D eigenvalue weighted by atomic mass is 16.6. The Balaban J connectivity index is 2.05. The summed E-state index contributed by atoms with van der Waals surface area (Å²) in [6, 6.07) is 0. The number of nitrogens with two attached hydrogens (primary N) is 2. The van der Waals surface area contributed by atoms with E-state index in [-0.39, 0.29) is 18.2 Å². The molecule has 0 spiro atoms. The zero-order valence-corrected chi connectivity index (χ0v) is 11.0. The number of anilines is 2. The number of hydrogen-bond acceptors (Lipinski definition) is 8. The molecular weight excluding hydrogens is 276 g/mol. The Kier molecular flexibility index (Phi) is 2.94. The smallest absolute Gasteiger partial charge is 0.224 e. The van der Waals surface area contributed by atoms with Gasteiger partial charge in [0, 0.05) is 6.42 Å². The summed E-state index contributed by atoms with van der Waals surface area (Å²) >= 11 is 0. The highest BCUT2D eigenvalue weighted by Gasteiger charge is 2.47. The van der Waals surface area contributed by atoms with Gasteiger partial charge in [-0.3, -0.25) is 4.57 Å². The number of aromatic nitrogens is 4. The van der Waals surface area contributed by atoms with Crippen molar-refractivity contribution in [1.82, 2.24) is 19.5 Å². The third-order valence-corrected chi connectivity index (χ3v) is 3.56. The summed E-state index contributed by atoms with van der Waals surface area (Å²) in [5.74, 6) is 2.46. The molecule has 0 radical (unpaired) electrons. The van der Waals surface area contributed by atoms with Gasteiger partial charge in [-0.1, -0.05) is 5.92 Å². The van der Waals surface area contributed by atoms with Crippen LogP contribution < -0.4 is 11.5 Å². The van der Waals surface area contributed by atoms with Crippen molar-refractivity contribution in [3.8, 4) is 12.3 Å². The third kappa shape index (κ3) is 1.89. The van der Waals surface area contributed by atoms with Gasteiger partial charge in [0.2, 0.25) is 5.95 Å². The minimum absolute atomic E-state index is 0.00525. The first kappa shape index (κ1) is 13.6. The second-order valence-corrected chi connectivity index (χ2v) is 4.81. The van der Waals surface area contributed by atoms with Gasteiger partial charge in [-0.15, -0.1) is 6.42 Å². The van der Waals surface area contributed by atoms with E-state index in [1.807, 2.05) is 0 Å². The number of fused-ring (bicyclic) bond motifs is 1. The molecule has 1 fully saturated rings. The summed E-state index contributed by atoms with van der Waals surface area (Å²) in [6.07, 6.45) is 5.35. The molecule has 1 aliphatic rings. The molecule has 2 aromatic heterocycles. The number of imidazole rings is 1. The van der Waals surface area contributed by atoms with Gasteiger partial charge in [0.25, 0.3) is 0 Å². The molecule has 0 unspecified atom stereocenters. The summed E-state index contributed by atoms with van der Waals surface area (Å²) in [4.78, 5) is 12.0. The van der Waals surface area contributed by atoms with Crippen molar-refractivity contribution < 1.29 is 14.9 Å².